The van der Waals surface area contributed by atoms with Crippen molar-refractivity contribution in [1.29, 1.82) is 5.26 Å². The Hall–Kier alpha value is -4.38. The molecule has 0 radical (unpaired) electrons. The average molecular weight is 781 g/mol. The van der Waals surface area contributed by atoms with Crippen molar-refractivity contribution in [3.63, 3.8) is 0 Å². The van der Waals surface area contributed by atoms with Gasteiger partial charge in [-0.05, 0) is 62.3 Å². The van der Waals surface area contributed by atoms with Gasteiger partial charge in [0.15, 0.2) is 5.82 Å². The molecule has 5 atom stereocenters. The quantitative estimate of drug-likeness (QED) is 0.159. The number of rotatable bonds is 8. The molecule has 2 aliphatic carbocycles. The van der Waals surface area contributed by atoms with Gasteiger partial charge in [0, 0.05) is 77.7 Å². The van der Waals surface area contributed by atoms with E-state index in [9.17, 15) is 23.2 Å². The second-order valence-corrected chi connectivity index (χ2v) is 15.8. The summed E-state index contributed by atoms with van der Waals surface area (Å²) >= 11 is 13.0. The number of carbonyl (C=O) groups is 1. The van der Waals surface area contributed by atoms with Crippen molar-refractivity contribution in [1.82, 2.24) is 29.5 Å². The Kier molecular flexibility index (Phi) is 8.41. The number of carbonyl (C=O) groups excluding carboxylic acids is 1. The van der Waals surface area contributed by atoms with E-state index in [1.807, 2.05) is 24.0 Å². The summed E-state index contributed by atoms with van der Waals surface area (Å²) in [6.07, 6.45) is -1.96. The Morgan fingerprint density at radius 1 is 1.15 bits per heavy atom. The van der Waals surface area contributed by atoms with Crippen molar-refractivity contribution >= 4 is 50.9 Å². The molecule has 2 bridgehead atoms. The average Bonchev–Trinajstić information content (AvgIpc) is 3.52. The molecular weight excluding hydrogens is 745 g/mol. The summed E-state index contributed by atoms with van der Waals surface area (Å²) in [5.41, 5.74) is 2.73. The molecule has 54 heavy (non-hydrogen) atoms. The zero-order chi connectivity index (χ0) is 37.8. The molecule has 0 spiro atoms. The first-order valence-electron chi connectivity index (χ1n) is 18.1. The minimum absolute atomic E-state index is 0.0119. The number of amides is 1. The number of aryl methyl sites for hydroxylation is 3. The molecular formula is C39H35Cl2F4N7O2. The highest BCUT2D eigenvalue weighted by atomic mass is 35.5. The molecule has 3 aromatic heterocycles. The fourth-order valence-electron chi connectivity index (χ4n) is 9.00. The van der Waals surface area contributed by atoms with E-state index in [4.69, 9.17) is 32.9 Å². The van der Waals surface area contributed by atoms with Gasteiger partial charge in [-0.3, -0.25) is 9.48 Å². The molecule has 2 aromatic carbocycles. The van der Waals surface area contributed by atoms with Crippen molar-refractivity contribution in [2.45, 2.75) is 75.9 Å². The van der Waals surface area contributed by atoms with Crippen LogP contribution in [0.4, 0.5) is 17.6 Å². The normalized spacial score (nSPS) is 23.7. The second kappa shape index (κ2) is 12.9. The molecule has 9 nitrogen and oxygen atoms in total. The van der Waals surface area contributed by atoms with Gasteiger partial charge in [-0.1, -0.05) is 35.3 Å². The maximum atomic E-state index is 17.2. The van der Waals surface area contributed by atoms with Crippen LogP contribution in [0.25, 0.3) is 32.9 Å². The van der Waals surface area contributed by atoms with Gasteiger partial charge in [-0.25, -0.2) is 9.37 Å². The number of nitriles is 1. The number of likely N-dealkylation sites (tertiary alicyclic amines) is 1. The Labute approximate surface area is 317 Å². The standard InChI is InChI=1S/C39H35Cl2F4N7O2/c1-18-24-14-29(28-13-22(17-51(28)38(53)19-8-9-19)54-31-15-30(39(43,44)45)50(2)49-31)52(36-21-12-27(36)47-16-21)37(24)25-11-20(5-4-10-46)32(34(42)35(25)48-18)23-6-3-7-26(40)33(23)41/h3,6-7,11,14-15,19,21-22,27-28,36,47H,4-5,8-9,12-13,16-17H2,1-2H3. The van der Waals surface area contributed by atoms with Crippen molar-refractivity contribution in [3.05, 3.63) is 74.9 Å². The second-order valence-electron chi connectivity index (χ2n) is 15.0. The number of benzene rings is 2. The van der Waals surface area contributed by atoms with Gasteiger partial charge in [0.2, 0.25) is 11.8 Å². The van der Waals surface area contributed by atoms with E-state index in [0.717, 1.165) is 53.2 Å². The lowest BCUT2D eigenvalue weighted by atomic mass is 9.79. The van der Waals surface area contributed by atoms with Crippen molar-refractivity contribution < 1.29 is 27.1 Å². The topological polar surface area (TPSA) is 101 Å². The number of pyridine rings is 1. The predicted octanol–water partition coefficient (Wildman–Crippen LogP) is 8.48. The first-order chi connectivity index (χ1) is 25.8. The highest BCUT2D eigenvalue weighted by Gasteiger charge is 2.51. The monoisotopic (exact) mass is 779 g/mol. The SMILES string of the molecule is Cc1nc2c(F)c(-c3cccc(Cl)c3Cl)c(CCC#N)cc2c2c1cc(C1CC(Oc3cc(C(F)(F)F)n(C)n3)CN1C(=O)C1CC1)n2C1C2CNC1C2. The third-order valence-corrected chi connectivity index (χ3v) is 12.5. The molecule has 280 valence electrons. The Balaban J connectivity index is 1.23. The minimum Gasteiger partial charge on any atom is -0.471 e. The summed E-state index contributed by atoms with van der Waals surface area (Å²) < 4.78 is 67.2. The van der Waals surface area contributed by atoms with Crippen LogP contribution in [0.1, 0.15) is 66.8 Å². The highest BCUT2D eigenvalue weighted by molar-refractivity contribution is 6.43. The van der Waals surface area contributed by atoms with Crippen LogP contribution in [0, 0.1) is 35.9 Å². The van der Waals surface area contributed by atoms with Crippen LogP contribution < -0.4 is 10.1 Å². The number of ether oxygens (including phenoxy) is 1. The van der Waals surface area contributed by atoms with E-state index >= 15 is 4.39 Å². The summed E-state index contributed by atoms with van der Waals surface area (Å²) in [5, 5.41) is 19.1. The fraction of sp³-hybridized carbons (Fsp3) is 0.436. The molecule has 3 saturated heterocycles. The first-order valence-corrected chi connectivity index (χ1v) is 18.9. The molecule has 10 rings (SSSR count). The summed E-state index contributed by atoms with van der Waals surface area (Å²) in [4.78, 5) is 20.6. The van der Waals surface area contributed by atoms with Gasteiger partial charge in [0.1, 0.15) is 17.3 Å². The Morgan fingerprint density at radius 2 is 1.94 bits per heavy atom. The number of fused-ring (bicyclic) bond motifs is 4. The van der Waals surface area contributed by atoms with Crippen molar-refractivity contribution in [3.8, 4) is 23.1 Å². The van der Waals surface area contributed by atoms with E-state index < -0.39 is 29.8 Å². The van der Waals surface area contributed by atoms with Crippen LogP contribution in [0.5, 0.6) is 5.88 Å². The molecule has 15 heteroatoms. The molecule has 3 aliphatic heterocycles. The Morgan fingerprint density at radius 3 is 2.61 bits per heavy atom. The number of alkyl halides is 3. The maximum absolute atomic E-state index is 17.2. The third-order valence-electron chi connectivity index (χ3n) is 11.7. The summed E-state index contributed by atoms with van der Waals surface area (Å²) in [5.74, 6) is -0.543. The van der Waals surface area contributed by atoms with E-state index in [2.05, 4.69) is 21.1 Å². The van der Waals surface area contributed by atoms with Crippen LogP contribution in [-0.2, 0) is 24.4 Å². The van der Waals surface area contributed by atoms with Crippen LogP contribution in [-0.4, -0.2) is 55.4 Å². The molecule has 1 amide bonds. The lowest BCUT2D eigenvalue weighted by molar-refractivity contribution is -0.143. The molecule has 5 fully saturated rings. The van der Waals surface area contributed by atoms with Crippen molar-refractivity contribution in [2.75, 3.05) is 13.1 Å². The van der Waals surface area contributed by atoms with Crippen molar-refractivity contribution in [2.24, 2.45) is 18.9 Å². The zero-order valence-corrected chi connectivity index (χ0v) is 30.9. The number of hydrogen-bond donors (Lipinski definition) is 1. The molecule has 6 heterocycles. The van der Waals surface area contributed by atoms with Gasteiger partial charge in [-0.2, -0.15) is 18.4 Å². The van der Waals surface area contributed by atoms with Gasteiger partial charge in [0.05, 0.1) is 40.3 Å². The van der Waals surface area contributed by atoms with E-state index in [-0.39, 0.29) is 70.3 Å². The number of hydrogen-bond acceptors (Lipinski definition) is 6. The summed E-state index contributed by atoms with van der Waals surface area (Å²) in [6, 6.07) is 11.8. The molecule has 5 aromatic rings. The molecule has 5 aliphatic rings. The maximum Gasteiger partial charge on any atom is 0.433 e. The number of aromatic nitrogens is 4. The number of halogens is 6. The van der Waals surface area contributed by atoms with Gasteiger partial charge in [0.25, 0.3) is 0 Å². The summed E-state index contributed by atoms with van der Waals surface area (Å²) in [6.45, 7) is 2.84. The van der Waals surface area contributed by atoms with E-state index in [1.54, 1.807) is 18.2 Å². The fourth-order valence-corrected chi connectivity index (χ4v) is 9.40. The molecule has 1 N–H and O–H groups in total. The first kappa shape index (κ1) is 35.3. The van der Waals surface area contributed by atoms with Crippen LogP contribution in [0.2, 0.25) is 10.0 Å². The third kappa shape index (κ3) is 5.63. The number of nitrogens with one attached hydrogen (secondary N) is 1. The van der Waals surface area contributed by atoms with E-state index in [1.165, 1.54) is 7.05 Å². The van der Waals surface area contributed by atoms with Gasteiger partial charge < -0.3 is 19.5 Å². The highest BCUT2D eigenvalue weighted by Crippen LogP contribution is 2.51. The van der Waals surface area contributed by atoms with Gasteiger partial charge >= 0.3 is 6.18 Å². The molecule has 5 unspecified atom stereocenters. The largest absolute Gasteiger partial charge is 0.471 e. The van der Waals surface area contributed by atoms with E-state index in [0.29, 0.717) is 34.5 Å². The van der Waals surface area contributed by atoms with Crippen LogP contribution >= 0.6 is 23.2 Å². The number of nitrogens with zero attached hydrogens (tertiary/aromatic N) is 6. The minimum atomic E-state index is -4.60. The predicted molar refractivity (Wildman–Crippen MR) is 195 cm³/mol. The van der Waals surface area contributed by atoms with Gasteiger partial charge in [-0.15, -0.1) is 5.10 Å². The van der Waals surface area contributed by atoms with Crippen LogP contribution in [0.3, 0.4) is 0 Å². The summed E-state index contributed by atoms with van der Waals surface area (Å²) in [7, 11) is 1.22. The van der Waals surface area contributed by atoms with Crippen LogP contribution in [0.15, 0.2) is 36.4 Å². The zero-order valence-electron chi connectivity index (χ0n) is 29.4. The lowest BCUT2D eigenvalue weighted by Crippen LogP contribution is -2.41. The lowest BCUT2D eigenvalue weighted by Gasteiger charge is -2.39. The smallest absolute Gasteiger partial charge is 0.433 e. The Bertz CT molecular complexity index is 2400. The molecule has 2 saturated carbocycles.